The molecule has 13 heavy (non-hydrogen) atoms. The van der Waals surface area contributed by atoms with Gasteiger partial charge in [-0.2, -0.15) is 0 Å². The molecule has 1 saturated carbocycles. The van der Waals surface area contributed by atoms with Crippen LogP contribution in [0.25, 0.3) is 0 Å². The lowest BCUT2D eigenvalue weighted by molar-refractivity contribution is -0.309. The Labute approximate surface area is 78.5 Å². The largest absolute Gasteiger partial charge is 0.548 e. The third-order valence-corrected chi connectivity index (χ3v) is 3.52. The van der Waals surface area contributed by atoms with Gasteiger partial charge in [0, 0.05) is 6.04 Å². The van der Waals surface area contributed by atoms with Crippen molar-refractivity contribution >= 4 is 5.97 Å². The van der Waals surface area contributed by atoms with E-state index in [0.717, 1.165) is 18.9 Å². The minimum absolute atomic E-state index is 0.389. The van der Waals surface area contributed by atoms with Crippen LogP contribution in [-0.4, -0.2) is 18.6 Å². The average molecular weight is 182 g/mol. The van der Waals surface area contributed by atoms with Crippen LogP contribution in [0.3, 0.4) is 0 Å². The highest BCUT2D eigenvalue weighted by molar-refractivity contribution is 5.71. The molecule has 1 heterocycles. The fraction of sp³-hybridized carbons (Fsp3) is 0.900. The molecule has 0 amide bonds. The quantitative estimate of drug-likeness (QED) is 0.616. The van der Waals surface area contributed by atoms with Crippen LogP contribution < -0.4 is 10.4 Å². The standard InChI is InChI=1S/C10H17NO2/c12-10(13)9-5-7-3-1-2-4-8(7)6-11-9/h7-9,11H,1-6H2,(H,12,13)/p-1/t7-,8+,9-/m0/s1. The van der Waals surface area contributed by atoms with Crippen molar-refractivity contribution < 1.29 is 9.90 Å². The molecule has 0 unspecified atom stereocenters. The van der Waals surface area contributed by atoms with Gasteiger partial charge in [0.05, 0.1) is 5.97 Å². The molecule has 1 aliphatic carbocycles. The first-order chi connectivity index (χ1) is 6.27. The highest BCUT2D eigenvalue weighted by Gasteiger charge is 2.31. The predicted molar refractivity (Wildman–Crippen MR) is 46.9 cm³/mol. The lowest BCUT2D eigenvalue weighted by Gasteiger charge is -2.40. The number of rotatable bonds is 1. The second-order valence-corrected chi connectivity index (χ2v) is 4.32. The van der Waals surface area contributed by atoms with Crippen LogP contribution in [0.5, 0.6) is 0 Å². The molecule has 0 spiro atoms. The van der Waals surface area contributed by atoms with Crippen LogP contribution in [0.4, 0.5) is 0 Å². The second kappa shape index (κ2) is 3.66. The number of fused-ring (bicyclic) bond motifs is 1. The van der Waals surface area contributed by atoms with Crippen molar-refractivity contribution in [3.8, 4) is 0 Å². The second-order valence-electron chi connectivity index (χ2n) is 4.32. The minimum atomic E-state index is -0.927. The molecule has 0 radical (unpaired) electrons. The van der Waals surface area contributed by atoms with Crippen LogP contribution in [0.1, 0.15) is 32.1 Å². The van der Waals surface area contributed by atoms with E-state index in [4.69, 9.17) is 0 Å². The van der Waals surface area contributed by atoms with E-state index < -0.39 is 5.97 Å². The summed E-state index contributed by atoms with van der Waals surface area (Å²) < 4.78 is 0. The van der Waals surface area contributed by atoms with Gasteiger partial charge in [-0.15, -0.1) is 0 Å². The Bertz CT molecular complexity index is 205. The zero-order chi connectivity index (χ0) is 9.26. The Kier molecular flexibility index (Phi) is 2.54. The van der Waals surface area contributed by atoms with Crippen LogP contribution in [0.15, 0.2) is 0 Å². The summed E-state index contributed by atoms with van der Waals surface area (Å²) in [5.74, 6) is 0.436. The fourth-order valence-corrected chi connectivity index (χ4v) is 2.72. The first kappa shape index (κ1) is 9.00. The Hall–Kier alpha value is -0.570. The molecule has 0 aromatic rings. The van der Waals surface area contributed by atoms with Crippen LogP contribution >= 0.6 is 0 Å². The Morgan fingerprint density at radius 3 is 2.62 bits per heavy atom. The highest BCUT2D eigenvalue weighted by atomic mass is 16.4. The number of nitrogens with one attached hydrogen (secondary N) is 1. The van der Waals surface area contributed by atoms with E-state index in [1.807, 2.05) is 0 Å². The van der Waals surface area contributed by atoms with Gasteiger partial charge in [-0.25, -0.2) is 0 Å². The maximum atomic E-state index is 10.7. The molecule has 0 aromatic carbocycles. The zero-order valence-electron chi connectivity index (χ0n) is 7.79. The normalized spacial score (nSPS) is 39.5. The monoisotopic (exact) mass is 182 g/mol. The molecule has 3 heteroatoms. The van der Waals surface area contributed by atoms with Crippen molar-refractivity contribution in [3.05, 3.63) is 0 Å². The van der Waals surface area contributed by atoms with Crippen molar-refractivity contribution in [1.29, 1.82) is 0 Å². The molecule has 0 bridgehead atoms. The molecule has 0 aromatic heterocycles. The topological polar surface area (TPSA) is 52.2 Å². The van der Waals surface area contributed by atoms with E-state index in [0.29, 0.717) is 5.92 Å². The van der Waals surface area contributed by atoms with Gasteiger partial charge < -0.3 is 15.2 Å². The lowest BCUT2D eigenvalue weighted by Crippen LogP contribution is -2.53. The van der Waals surface area contributed by atoms with Crippen LogP contribution in [0, 0.1) is 11.8 Å². The molecule has 1 N–H and O–H groups in total. The summed E-state index contributed by atoms with van der Waals surface area (Å²) in [5, 5.41) is 13.7. The number of carbonyl (C=O) groups is 1. The molecule has 2 aliphatic rings. The van der Waals surface area contributed by atoms with E-state index in [2.05, 4.69) is 5.32 Å². The highest BCUT2D eigenvalue weighted by Crippen LogP contribution is 2.35. The van der Waals surface area contributed by atoms with E-state index in [1.54, 1.807) is 0 Å². The molecule has 2 fully saturated rings. The summed E-state index contributed by atoms with van der Waals surface area (Å²) in [6.45, 7) is 0.878. The lowest BCUT2D eigenvalue weighted by atomic mass is 9.74. The smallest absolute Gasteiger partial charge is 0.0584 e. The summed E-state index contributed by atoms with van der Waals surface area (Å²) in [6.07, 6.45) is 5.88. The van der Waals surface area contributed by atoms with Gasteiger partial charge in [-0.3, -0.25) is 0 Å². The summed E-state index contributed by atoms with van der Waals surface area (Å²) in [5.41, 5.74) is 0. The molecule has 2 rings (SSSR count). The molecule has 1 saturated heterocycles. The number of carboxylic acid groups (broad SMARTS) is 1. The molecular weight excluding hydrogens is 166 g/mol. The molecule has 3 nitrogen and oxygen atoms in total. The summed E-state index contributed by atoms with van der Waals surface area (Å²) in [6, 6.07) is -0.389. The predicted octanol–water partition coefficient (Wildman–Crippen LogP) is -0.0954. The van der Waals surface area contributed by atoms with Crippen molar-refractivity contribution in [1.82, 2.24) is 5.32 Å². The van der Waals surface area contributed by atoms with E-state index in [9.17, 15) is 9.90 Å². The van der Waals surface area contributed by atoms with Gasteiger partial charge in [0.1, 0.15) is 0 Å². The first-order valence-corrected chi connectivity index (χ1v) is 5.21. The van der Waals surface area contributed by atoms with Gasteiger partial charge in [-0.05, 0) is 31.2 Å². The number of aliphatic carboxylic acids is 1. The number of piperidine rings is 1. The Balaban J connectivity index is 1.95. The summed E-state index contributed by atoms with van der Waals surface area (Å²) in [7, 11) is 0. The summed E-state index contributed by atoms with van der Waals surface area (Å²) in [4.78, 5) is 10.7. The minimum Gasteiger partial charge on any atom is -0.548 e. The Morgan fingerprint density at radius 1 is 1.23 bits per heavy atom. The van der Waals surface area contributed by atoms with Gasteiger partial charge in [0.25, 0.3) is 0 Å². The Morgan fingerprint density at radius 2 is 1.92 bits per heavy atom. The van der Waals surface area contributed by atoms with Crippen LogP contribution in [0.2, 0.25) is 0 Å². The molecule has 1 aliphatic heterocycles. The van der Waals surface area contributed by atoms with Crippen LogP contribution in [-0.2, 0) is 4.79 Å². The third-order valence-electron chi connectivity index (χ3n) is 3.52. The molecule has 74 valence electrons. The number of hydrogen-bond donors (Lipinski definition) is 1. The van der Waals surface area contributed by atoms with Gasteiger partial charge in [0.2, 0.25) is 0 Å². The maximum absolute atomic E-state index is 10.7. The third kappa shape index (κ3) is 1.85. The number of hydrogen-bond acceptors (Lipinski definition) is 3. The average Bonchev–Trinajstić information content (AvgIpc) is 2.17. The summed E-state index contributed by atoms with van der Waals surface area (Å²) >= 11 is 0. The first-order valence-electron chi connectivity index (χ1n) is 5.21. The zero-order valence-corrected chi connectivity index (χ0v) is 7.79. The SMILES string of the molecule is O=C([O-])[C@@H]1C[C@@H]2CCCC[C@@H]2CN1. The van der Waals surface area contributed by atoms with E-state index in [-0.39, 0.29) is 6.04 Å². The number of carbonyl (C=O) groups excluding carboxylic acids is 1. The van der Waals surface area contributed by atoms with Crippen molar-refractivity contribution in [2.24, 2.45) is 11.8 Å². The van der Waals surface area contributed by atoms with E-state index in [1.165, 1.54) is 25.7 Å². The molecule has 3 atom stereocenters. The molecular formula is C10H16NO2-. The number of carboxylic acids is 1. The van der Waals surface area contributed by atoms with Crippen molar-refractivity contribution in [2.75, 3.05) is 6.54 Å². The van der Waals surface area contributed by atoms with Crippen molar-refractivity contribution in [2.45, 2.75) is 38.1 Å². The fourth-order valence-electron chi connectivity index (χ4n) is 2.72. The van der Waals surface area contributed by atoms with Gasteiger partial charge in [-0.1, -0.05) is 19.3 Å². The van der Waals surface area contributed by atoms with Gasteiger partial charge in [0.15, 0.2) is 0 Å². The van der Waals surface area contributed by atoms with Crippen molar-refractivity contribution in [3.63, 3.8) is 0 Å². The van der Waals surface area contributed by atoms with Gasteiger partial charge >= 0.3 is 0 Å². The van der Waals surface area contributed by atoms with E-state index >= 15 is 0 Å². The maximum Gasteiger partial charge on any atom is 0.0584 e.